The molecule has 146 valence electrons. The first kappa shape index (κ1) is 19.6. The maximum Gasteiger partial charge on any atom is 0.219 e. The molecule has 1 unspecified atom stereocenters. The number of nitrogens with zero attached hydrogens (tertiary/aromatic N) is 2. The lowest BCUT2D eigenvalue weighted by atomic mass is 9.82. The Morgan fingerprint density at radius 2 is 2.00 bits per heavy atom. The maximum absolute atomic E-state index is 14.5. The molecule has 1 N–H and O–H groups in total. The highest BCUT2D eigenvalue weighted by Gasteiger charge is 2.25. The number of aromatic hydroxyl groups is 1. The van der Waals surface area contributed by atoms with E-state index in [4.69, 9.17) is 4.74 Å². The van der Waals surface area contributed by atoms with Gasteiger partial charge in [-0.05, 0) is 43.4 Å². The second-order valence-electron chi connectivity index (χ2n) is 7.39. The van der Waals surface area contributed by atoms with Crippen LogP contribution in [-0.2, 0) is 12.8 Å². The van der Waals surface area contributed by atoms with Gasteiger partial charge < -0.3 is 9.84 Å². The molecule has 27 heavy (non-hydrogen) atoms. The van der Waals surface area contributed by atoms with E-state index in [1.54, 1.807) is 6.07 Å². The van der Waals surface area contributed by atoms with E-state index in [0.29, 0.717) is 24.5 Å². The topological polar surface area (TPSA) is 55.2 Å². The fourth-order valence-electron chi connectivity index (χ4n) is 3.71. The van der Waals surface area contributed by atoms with E-state index in [2.05, 4.69) is 16.9 Å². The first-order valence-electron chi connectivity index (χ1n) is 10.1. The summed E-state index contributed by atoms with van der Waals surface area (Å²) in [4.78, 5) is 8.31. The van der Waals surface area contributed by atoms with Gasteiger partial charge in [0, 0.05) is 23.2 Å². The molecule has 3 rings (SSSR count). The Kier molecular flexibility index (Phi) is 7.02. The quantitative estimate of drug-likeness (QED) is 0.477. The van der Waals surface area contributed by atoms with Crippen molar-refractivity contribution in [3.8, 4) is 11.6 Å². The van der Waals surface area contributed by atoms with Crippen LogP contribution in [0.5, 0.6) is 11.6 Å². The summed E-state index contributed by atoms with van der Waals surface area (Å²) in [5, 5.41) is 9.38. The highest BCUT2D eigenvalue weighted by atomic mass is 19.1. The van der Waals surface area contributed by atoms with Crippen LogP contribution in [-0.4, -0.2) is 21.7 Å². The number of aromatic nitrogens is 2. The predicted octanol–water partition coefficient (Wildman–Crippen LogP) is 5.33. The smallest absolute Gasteiger partial charge is 0.219 e. The Bertz CT molecular complexity index is 734. The minimum atomic E-state index is -0.422. The molecule has 2 aromatic rings. The monoisotopic (exact) mass is 372 g/mol. The summed E-state index contributed by atoms with van der Waals surface area (Å²) in [5.74, 6) is 0.286. The molecule has 0 saturated heterocycles. The molecular weight excluding hydrogens is 343 g/mol. The van der Waals surface area contributed by atoms with E-state index in [9.17, 15) is 9.50 Å². The van der Waals surface area contributed by atoms with E-state index >= 15 is 0 Å². The van der Waals surface area contributed by atoms with Crippen LogP contribution in [0.25, 0.3) is 0 Å². The van der Waals surface area contributed by atoms with Crippen molar-refractivity contribution in [3.63, 3.8) is 0 Å². The number of unbranched alkanes of at least 4 members (excludes halogenated alkanes) is 5. The zero-order valence-corrected chi connectivity index (χ0v) is 16.1. The Morgan fingerprint density at radius 3 is 2.78 bits per heavy atom. The molecule has 1 aliphatic rings. The van der Waals surface area contributed by atoms with Crippen molar-refractivity contribution >= 4 is 0 Å². The molecule has 0 spiro atoms. The van der Waals surface area contributed by atoms with E-state index in [0.717, 1.165) is 36.9 Å². The van der Waals surface area contributed by atoms with Gasteiger partial charge in [-0.1, -0.05) is 39.0 Å². The molecule has 2 aromatic heterocycles. The number of halogens is 1. The predicted molar refractivity (Wildman–Crippen MR) is 104 cm³/mol. The average molecular weight is 372 g/mol. The first-order valence-corrected chi connectivity index (χ1v) is 10.1. The van der Waals surface area contributed by atoms with Gasteiger partial charge in [-0.2, -0.15) is 9.37 Å². The van der Waals surface area contributed by atoms with Gasteiger partial charge in [0.25, 0.3) is 0 Å². The van der Waals surface area contributed by atoms with Crippen molar-refractivity contribution in [1.82, 2.24) is 9.97 Å². The molecule has 0 fully saturated rings. The standard InChI is InChI=1S/C22H29FN2O2/c1-2-3-4-5-6-7-12-27-21-14-16-8-9-17(13-19(16)22(23)25-21)20-11-10-18(26)15-24-20/h10-11,14-15,17,26H,2-9,12-13H2,1H3. The van der Waals surface area contributed by atoms with Gasteiger partial charge in [-0.15, -0.1) is 0 Å². The van der Waals surface area contributed by atoms with Crippen LogP contribution in [0.4, 0.5) is 4.39 Å². The van der Waals surface area contributed by atoms with Gasteiger partial charge in [0.1, 0.15) is 5.75 Å². The summed E-state index contributed by atoms with van der Waals surface area (Å²) in [5.41, 5.74) is 2.56. The summed E-state index contributed by atoms with van der Waals surface area (Å²) in [7, 11) is 0. The third-order valence-electron chi connectivity index (χ3n) is 5.29. The van der Waals surface area contributed by atoms with Crippen LogP contribution in [0, 0.1) is 5.95 Å². The molecule has 0 aromatic carbocycles. The van der Waals surface area contributed by atoms with Crippen LogP contribution >= 0.6 is 0 Å². The van der Waals surface area contributed by atoms with Crippen molar-refractivity contribution in [1.29, 1.82) is 0 Å². The summed E-state index contributed by atoms with van der Waals surface area (Å²) < 4.78 is 20.2. The Hall–Kier alpha value is -2.17. The number of ether oxygens (including phenoxy) is 1. The summed E-state index contributed by atoms with van der Waals surface area (Å²) in [6, 6.07) is 5.34. The Morgan fingerprint density at radius 1 is 1.19 bits per heavy atom. The van der Waals surface area contributed by atoms with E-state index < -0.39 is 5.95 Å². The van der Waals surface area contributed by atoms with Gasteiger partial charge in [-0.25, -0.2) is 0 Å². The number of rotatable bonds is 9. The second kappa shape index (κ2) is 9.67. The number of pyridine rings is 2. The van der Waals surface area contributed by atoms with Crippen molar-refractivity contribution < 1.29 is 14.2 Å². The fraction of sp³-hybridized carbons (Fsp3) is 0.545. The molecule has 0 radical (unpaired) electrons. The molecule has 5 heteroatoms. The third kappa shape index (κ3) is 5.41. The zero-order valence-electron chi connectivity index (χ0n) is 16.1. The van der Waals surface area contributed by atoms with Crippen LogP contribution in [0.1, 0.15) is 74.6 Å². The number of hydrogen-bond acceptors (Lipinski definition) is 4. The van der Waals surface area contributed by atoms with Crippen molar-refractivity contribution in [2.45, 2.75) is 70.6 Å². The van der Waals surface area contributed by atoms with Crippen LogP contribution in [0.2, 0.25) is 0 Å². The van der Waals surface area contributed by atoms with Crippen molar-refractivity contribution in [2.24, 2.45) is 0 Å². The van der Waals surface area contributed by atoms with Gasteiger partial charge in [0.05, 0.1) is 12.8 Å². The summed E-state index contributed by atoms with van der Waals surface area (Å²) in [6.07, 6.45) is 10.9. The van der Waals surface area contributed by atoms with E-state index in [1.165, 1.54) is 31.9 Å². The van der Waals surface area contributed by atoms with E-state index in [-0.39, 0.29) is 11.7 Å². The highest BCUT2D eigenvalue weighted by Crippen LogP contribution is 2.34. The normalized spacial score (nSPS) is 16.1. The molecule has 1 atom stereocenters. The summed E-state index contributed by atoms with van der Waals surface area (Å²) >= 11 is 0. The fourth-order valence-corrected chi connectivity index (χ4v) is 3.71. The lowest BCUT2D eigenvalue weighted by Gasteiger charge is -2.24. The average Bonchev–Trinajstić information content (AvgIpc) is 2.68. The zero-order chi connectivity index (χ0) is 19.1. The lowest BCUT2D eigenvalue weighted by Crippen LogP contribution is -2.17. The number of aryl methyl sites for hydroxylation is 1. The molecule has 0 amide bonds. The largest absolute Gasteiger partial charge is 0.506 e. The number of hydrogen-bond donors (Lipinski definition) is 1. The van der Waals surface area contributed by atoms with Gasteiger partial charge >= 0.3 is 0 Å². The summed E-state index contributed by atoms with van der Waals surface area (Å²) in [6.45, 7) is 2.81. The minimum absolute atomic E-state index is 0.148. The molecule has 2 heterocycles. The maximum atomic E-state index is 14.5. The second-order valence-corrected chi connectivity index (χ2v) is 7.39. The Labute approximate surface area is 160 Å². The SMILES string of the molecule is CCCCCCCCOc1cc2c(c(F)n1)CC(c1ccc(O)cn1)CC2. The van der Waals surface area contributed by atoms with Crippen LogP contribution in [0.15, 0.2) is 24.4 Å². The molecule has 1 aliphatic carbocycles. The van der Waals surface area contributed by atoms with Crippen LogP contribution in [0.3, 0.4) is 0 Å². The third-order valence-corrected chi connectivity index (χ3v) is 5.29. The molecular formula is C22H29FN2O2. The first-order chi connectivity index (χ1) is 13.2. The minimum Gasteiger partial charge on any atom is -0.506 e. The number of fused-ring (bicyclic) bond motifs is 1. The van der Waals surface area contributed by atoms with E-state index in [1.807, 2.05) is 12.1 Å². The van der Waals surface area contributed by atoms with Crippen molar-refractivity contribution in [2.75, 3.05) is 6.61 Å². The van der Waals surface area contributed by atoms with Gasteiger partial charge in [-0.3, -0.25) is 4.98 Å². The van der Waals surface area contributed by atoms with Crippen LogP contribution < -0.4 is 4.74 Å². The molecule has 0 aliphatic heterocycles. The molecule has 0 bridgehead atoms. The molecule has 0 saturated carbocycles. The van der Waals surface area contributed by atoms with Gasteiger partial charge in [0.15, 0.2) is 0 Å². The lowest BCUT2D eigenvalue weighted by molar-refractivity contribution is 0.287. The van der Waals surface area contributed by atoms with Gasteiger partial charge in [0.2, 0.25) is 11.8 Å². The molecule has 4 nitrogen and oxygen atoms in total. The highest BCUT2D eigenvalue weighted by molar-refractivity contribution is 5.35. The Balaban J connectivity index is 1.55. The van der Waals surface area contributed by atoms with Crippen molar-refractivity contribution in [3.05, 3.63) is 47.2 Å².